The van der Waals surface area contributed by atoms with Gasteiger partial charge in [0.2, 0.25) is 5.91 Å². The highest BCUT2D eigenvalue weighted by atomic mass is 32.2. The number of nitrogens with zero attached hydrogens (tertiary/aromatic N) is 1. The molecule has 1 aromatic carbocycles. The maximum atomic E-state index is 11.4. The van der Waals surface area contributed by atoms with Crippen LogP contribution in [-0.4, -0.2) is 16.8 Å². The Balaban J connectivity index is 1.96. The lowest BCUT2D eigenvalue weighted by molar-refractivity contribution is -0.124. The molecule has 1 aliphatic rings. The SMILES string of the molecule is CC(=O)N(CC1CC1)Sc1ccccc1. The Kier molecular flexibility index (Phi) is 3.31. The van der Waals surface area contributed by atoms with Crippen LogP contribution >= 0.6 is 11.9 Å². The van der Waals surface area contributed by atoms with Gasteiger partial charge in [0.1, 0.15) is 0 Å². The standard InChI is InChI=1S/C12H15NOS/c1-10(14)13(9-11-7-8-11)15-12-5-3-2-4-6-12/h2-6,11H,7-9H2,1H3. The van der Waals surface area contributed by atoms with Crippen molar-refractivity contribution in [3.8, 4) is 0 Å². The quantitative estimate of drug-likeness (QED) is 0.729. The van der Waals surface area contributed by atoms with Crippen LogP contribution in [0.3, 0.4) is 0 Å². The van der Waals surface area contributed by atoms with Crippen molar-refractivity contribution in [1.82, 2.24) is 4.31 Å². The lowest BCUT2D eigenvalue weighted by Crippen LogP contribution is -2.23. The Morgan fingerprint density at radius 3 is 2.60 bits per heavy atom. The van der Waals surface area contributed by atoms with Crippen molar-refractivity contribution in [2.45, 2.75) is 24.7 Å². The zero-order chi connectivity index (χ0) is 10.7. The molecule has 15 heavy (non-hydrogen) atoms. The minimum atomic E-state index is 0.149. The Hall–Kier alpha value is -0.960. The molecule has 80 valence electrons. The van der Waals surface area contributed by atoms with E-state index in [9.17, 15) is 4.79 Å². The molecule has 1 aliphatic carbocycles. The molecule has 0 saturated heterocycles. The third kappa shape index (κ3) is 3.27. The summed E-state index contributed by atoms with van der Waals surface area (Å²) in [6.07, 6.45) is 2.55. The van der Waals surface area contributed by atoms with Gasteiger partial charge in [0.15, 0.2) is 0 Å². The smallest absolute Gasteiger partial charge is 0.229 e. The first-order chi connectivity index (χ1) is 7.25. The molecule has 2 rings (SSSR count). The average Bonchev–Trinajstić information content (AvgIpc) is 3.02. The fraction of sp³-hybridized carbons (Fsp3) is 0.417. The molecule has 1 aromatic rings. The molecule has 0 radical (unpaired) electrons. The third-order valence-electron chi connectivity index (χ3n) is 2.43. The Morgan fingerprint density at radius 2 is 2.07 bits per heavy atom. The van der Waals surface area contributed by atoms with Crippen molar-refractivity contribution < 1.29 is 4.79 Å². The maximum Gasteiger partial charge on any atom is 0.229 e. The summed E-state index contributed by atoms with van der Waals surface area (Å²) in [5.41, 5.74) is 0. The van der Waals surface area contributed by atoms with Gasteiger partial charge in [-0.2, -0.15) is 0 Å². The van der Waals surface area contributed by atoms with E-state index in [0.717, 1.165) is 17.4 Å². The van der Waals surface area contributed by atoms with E-state index < -0.39 is 0 Å². The predicted molar refractivity (Wildman–Crippen MR) is 62.4 cm³/mol. The van der Waals surface area contributed by atoms with Gasteiger partial charge in [-0.15, -0.1) is 0 Å². The van der Waals surface area contributed by atoms with Gasteiger partial charge in [-0.1, -0.05) is 18.2 Å². The van der Waals surface area contributed by atoms with Crippen molar-refractivity contribution in [1.29, 1.82) is 0 Å². The summed E-state index contributed by atoms with van der Waals surface area (Å²) in [6.45, 7) is 2.53. The summed E-state index contributed by atoms with van der Waals surface area (Å²) < 4.78 is 1.87. The first-order valence-electron chi connectivity index (χ1n) is 5.27. The number of hydrogen-bond acceptors (Lipinski definition) is 2. The monoisotopic (exact) mass is 221 g/mol. The highest BCUT2D eigenvalue weighted by Gasteiger charge is 2.26. The number of carbonyl (C=O) groups excluding carboxylic acids is 1. The van der Waals surface area contributed by atoms with Gasteiger partial charge < -0.3 is 0 Å². The molecular weight excluding hydrogens is 206 g/mol. The minimum Gasteiger partial charge on any atom is -0.282 e. The summed E-state index contributed by atoms with van der Waals surface area (Å²) >= 11 is 1.55. The van der Waals surface area contributed by atoms with Crippen molar-refractivity contribution >= 4 is 17.9 Å². The zero-order valence-electron chi connectivity index (χ0n) is 8.85. The van der Waals surface area contributed by atoms with Crippen LogP contribution < -0.4 is 0 Å². The van der Waals surface area contributed by atoms with Crippen LogP contribution in [0.15, 0.2) is 35.2 Å². The van der Waals surface area contributed by atoms with E-state index in [-0.39, 0.29) is 5.91 Å². The van der Waals surface area contributed by atoms with Crippen molar-refractivity contribution in [3.05, 3.63) is 30.3 Å². The molecule has 0 unspecified atom stereocenters. The van der Waals surface area contributed by atoms with Crippen LogP contribution in [0, 0.1) is 5.92 Å². The fourth-order valence-electron chi connectivity index (χ4n) is 1.37. The zero-order valence-corrected chi connectivity index (χ0v) is 9.67. The van der Waals surface area contributed by atoms with E-state index >= 15 is 0 Å². The van der Waals surface area contributed by atoms with Gasteiger partial charge in [-0.3, -0.25) is 9.10 Å². The first-order valence-corrected chi connectivity index (χ1v) is 6.04. The number of rotatable bonds is 4. The molecule has 0 spiro atoms. The van der Waals surface area contributed by atoms with Crippen LogP contribution in [0.2, 0.25) is 0 Å². The number of hydrogen-bond donors (Lipinski definition) is 0. The minimum absolute atomic E-state index is 0.149. The third-order valence-corrected chi connectivity index (χ3v) is 3.54. The second-order valence-corrected chi connectivity index (χ2v) is 5.02. The van der Waals surface area contributed by atoms with Crippen LogP contribution in [0.1, 0.15) is 19.8 Å². The van der Waals surface area contributed by atoms with Crippen molar-refractivity contribution in [2.24, 2.45) is 5.92 Å². The van der Waals surface area contributed by atoms with Crippen molar-refractivity contribution in [3.63, 3.8) is 0 Å². The molecule has 0 bridgehead atoms. The summed E-state index contributed by atoms with van der Waals surface area (Å²) in [5, 5.41) is 0. The molecule has 0 heterocycles. The van der Waals surface area contributed by atoms with Gasteiger partial charge in [0, 0.05) is 18.4 Å². The number of carbonyl (C=O) groups is 1. The fourth-order valence-corrected chi connectivity index (χ4v) is 2.32. The van der Waals surface area contributed by atoms with Gasteiger partial charge in [-0.05, 0) is 42.8 Å². The van der Waals surface area contributed by atoms with E-state index in [1.54, 1.807) is 18.9 Å². The Morgan fingerprint density at radius 1 is 1.40 bits per heavy atom. The predicted octanol–water partition coefficient (Wildman–Crippen LogP) is 2.95. The van der Waals surface area contributed by atoms with E-state index in [1.807, 2.05) is 34.6 Å². The molecule has 0 aromatic heterocycles. The highest BCUT2D eigenvalue weighted by molar-refractivity contribution is 7.97. The van der Waals surface area contributed by atoms with Crippen LogP contribution in [-0.2, 0) is 4.79 Å². The van der Waals surface area contributed by atoms with Crippen LogP contribution in [0.25, 0.3) is 0 Å². The normalized spacial score (nSPS) is 15.0. The van der Waals surface area contributed by atoms with E-state index in [0.29, 0.717) is 0 Å². The van der Waals surface area contributed by atoms with Gasteiger partial charge in [0.05, 0.1) is 0 Å². The summed E-state index contributed by atoms with van der Waals surface area (Å²) in [7, 11) is 0. The molecule has 0 N–H and O–H groups in total. The highest BCUT2D eigenvalue weighted by Crippen LogP contribution is 2.33. The molecule has 1 amide bonds. The van der Waals surface area contributed by atoms with E-state index in [4.69, 9.17) is 0 Å². The molecule has 1 saturated carbocycles. The maximum absolute atomic E-state index is 11.4. The molecule has 1 fully saturated rings. The number of benzene rings is 1. The molecule has 0 atom stereocenters. The van der Waals surface area contributed by atoms with E-state index in [1.165, 1.54) is 12.8 Å². The van der Waals surface area contributed by atoms with Gasteiger partial charge in [0.25, 0.3) is 0 Å². The summed E-state index contributed by atoms with van der Waals surface area (Å²) in [5.74, 6) is 0.890. The topological polar surface area (TPSA) is 20.3 Å². The summed E-state index contributed by atoms with van der Waals surface area (Å²) in [6, 6.07) is 10.1. The molecular formula is C12H15NOS. The first kappa shape index (κ1) is 10.6. The molecule has 3 heteroatoms. The number of amides is 1. The largest absolute Gasteiger partial charge is 0.282 e. The van der Waals surface area contributed by atoms with Gasteiger partial charge >= 0.3 is 0 Å². The lowest BCUT2D eigenvalue weighted by atomic mass is 10.4. The second kappa shape index (κ2) is 4.71. The Bertz CT molecular complexity index is 335. The second-order valence-electron chi connectivity index (χ2n) is 3.93. The molecule has 2 nitrogen and oxygen atoms in total. The summed E-state index contributed by atoms with van der Waals surface area (Å²) in [4.78, 5) is 12.5. The molecule has 0 aliphatic heterocycles. The van der Waals surface area contributed by atoms with Crippen LogP contribution in [0.5, 0.6) is 0 Å². The average molecular weight is 221 g/mol. The Labute approximate surface area is 94.8 Å². The van der Waals surface area contributed by atoms with Crippen LogP contribution in [0.4, 0.5) is 0 Å². The van der Waals surface area contributed by atoms with E-state index in [2.05, 4.69) is 0 Å². The van der Waals surface area contributed by atoms with Gasteiger partial charge in [-0.25, -0.2) is 0 Å². The van der Waals surface area contributed by atoms with Crippen molar-refractivity contribution in [2.75, 3.05) is 6.54 Å². The lowest BCUT2D eigenvalue weighted by Gasteiger charge is -2.19.